The molecular formula is C42H58N6O6. The van der Waals surface area contributed by atoms with E-state index in [9.17, 15) is 24.3 Å². The second-order valence-electron chi connectivity index (χ2n) is 15.3. The molecule has 292 valence electrons. The number of amides is 4. The summed E-state index contributed by atoms with van der Waals surface area (Å²) in [6.45, 7) is 4.82. The minimum Gasteiger partial charge on any atom is -0.434 e. The second kappa shape index (κ2) is 20.1. The molecule has 2 heterocycles. The van der Waals surface area contributed by atoms with Gasteiger partial charge in [-0.2, -0.15) is 0 Å². The van der Waals surface area contributed by atoms with E-state index in [1.165, 1.54) is 27.7 Å². The van der Waals surface area contributed by atoms with Gasteiger partial charge in [0.05, 0.1) is 18.5 Å². The number of aromatic nitrogens is 2. The van der Waals surface area contributed by atoms with Crippen LogP contribution in [-0.2, 0) is 27.2 Å². The lowest BCUT2D eigenvalue weighted by Crippen LogP contribution is -2.57. The Labute approximate surface area is 319 Å². The number of imidazole rings is 1. The van der Waals surface area contributed by atoms with Gasteiger partial charge in [-0.25, -0.2) is 19.8 Å². The molecular weight excluding hydrogens is 684 g/mol. The molecule has 0 unspecified atom stereocenters. The Balaban J connectivity index is 1.39. The lowest BCUT2D eigenvalue weighted by atomic mass is 9.83. The first-order chi connectivity index (χ1) is 26.1. The molecule has 1 saturated heterocycles. The molecule has 3 aromatic rings. The molecule has 4 amide bonds. The topological polar surface area (TPSA) is 148 Å². The van der Waals surface area contributed by atoms with Crippen molar-refractivity contribution in [2.45, 2.75) is 115 Å². The minimum atomic E-state index is -1.30. The average Bonchev–Trinajstić information content (AvgIpc) is 3.72. The lowest BCUT2D eigenvalue weighted by molar-refractivity contribution is -0.147. The highest BCUT2D eigenvalue weighted by Gasteiger charge is 2.38. The van der Waals surface area contributed by atoms with Crippen molar-refractivity contribution in [2.75, 3.05) is 20.1 Å². The smallest absolute Gasteiger partial charge is 0.429 e. The number of likely N-dealkylation sites (N-methyl/N-ethyl adjacent to an activating group) is 1. The zero-order valence-electron chi connectivity index (χ0n) is 32.1. The third kappa shape index (κ3) is 11.4. The molecule has 5 rings (SSSR count). The number of hydrogen-bond acceptors (Lipinski definition) is 7. The highest BCUT2D eigenvalue weighted by atomic mass is 16.6. The fourth-order valence-corrected chi connectivity index (χ4v) is 7.55. The predicted octanol–water partition coefficient (Wildman–Crippen LogP) is 5.93. The molecule has 12 nitrogen and oxygen atoms in total. The average molecular weight is 743 g/mol. The fourth-order valence-electron chi connectivity index (χ4n) is 7.55. The van der Waals surface area contributed by atoms with Crippen LogP contribution in [0, 0.1) is 11.8 Å². The normalized spacial score (nSPS) is 17.4. The number of hydrogen-bond donors (Lipinski definition) is 3. The second-order valence-corrected chi connectivity index (χ2v) is 15.3. The molecule has 3 N–H and O–H groups in total. The van der Waals surface area contributed by atoms with Gasteiger partial charge in [0, 0.05) is 50.4 Å². The summed E-state index contributed by atoms with van der Waals surface area (Å²) in [7, 11) is 1.55. The van der Waals surface area contributed by atoms with Crippen molar-refractivity contribution in [3.8, 4) is 0 Å². The van der Waals surface area contributed by atoms with Crippen LogP contribution in [0.25, 0.3) is 0 Å². The van der Waals surface area contributed by atoms with E-state index in [-0.39, 0.29) is 25.3 Å². The van der Waals surface area contributed by atoms with Crippen molar-refractivity contribution < 1.29 is 29.0 Å². The Bertz CT molecular complexity index is 1610. The van der Waals surface area contributed by atoms with E-state index in [4.69, 9.17) is 4.74 Å². The Morgan fingerprint density at radius 2 is 1.57 bits per heavy atom. The van der Waals surface area contributed by atoms with Crippen molar-refractivity contribution in [2.24, 2.45) is 11.8 Å². The van der Waals surface area contributed by atoms with E-state index < -0.39 is 42.2 Å². The van der Waals surface area contributed by atoms with Crippen molar-refractivity contribution in [1.82, 2.24) is 30.2 Å². The van der Waals surface area contributed by atoms with Crippen molar-refractivity contribution in [3.63, 3.8) is 0 Å². The first-order valence-corrected chi connectivity index (χ1v) is 19.7. The summed E-state index contributed by atoms with van der Waals surface area (Å²) in [5.41, 5.74) is 1.86. The largest absolute Gasteiger partial charge is 0.434 e. The number of aromatic amines is 1. The lowest BCUT2D eigenvalue weighted by Gasteiger charge is -2.38. The van der Waals surface area contributed by atoms with E-state index in [2.05, 4.69) is 29.1 Å². The van der Waals surface area contributed by atoms with E-state index in [0.29, 0.717) is 48.9 Å². The number of aliphatic hydroxyl groups excluding tert-OH is 1. The van der Waals surface area contributed by atoms with E-state index in [0.717, 1.165) is 44.1 Å². The van der Waals surface area contributed by atoms with Crippen LogP contribution in [0.3, 0.4) is 0 Å². The van der Waals surface area contributed by atoms with Gasteiger partial charge in [0.25, 0.3) is 11.8 Å². The molecule has 1 aliphatic carbocycles. The molecule has 1 saturated carbocycles. The van der Waals surface area contributed by atoms with Crippen LogP contribution in [0.2, 0.25) is 0 Å². The number of hydrazine groups is 1. The molecule has 2 aromatic carbocycles. The van der Waals surface area contributed by atoms with Gasteiger partial charge in [-0.15, -0.1) is 0 Å². The first-order valence-electron chi connectivity index (χ1n) is 19.7. The van der Waals surface area contributed by atoms with Gasteiger partial charge in [-0.3, -0.25) is 14.4 Å². The molecule has 0 spiro atoms. The summed E-state index contributed by atoms with van der Waals surface area (Å²) >= 11 is 0. The maximum absolute atomic E-state index is 14.6. The standard InChI is InChI=1S/C42H58N6O6/c1-30(2)21-22-37(49)35(25-31-15-7-4-8-16-31)45-39(50)36(27-34-28-43-29-44-34)46(3)41(52)38(26-32-17-9-5-10-18-32)54-42(53)48-24-14-13-23-47(48)40(51)33-19-11-6-12-20-33/h5-6,9-12,17-20,28-31,35-38,49H,4,7-8,13-16,21-27H2,1-3H3,(H,43,44)(H,45,50)/t35-,36-,37-,38-/m0/s1. The van der Waals surface area contributed by atoms with E-state index in [1.807, 2.05) is 36.4 Å². The quantitative estimate of drug-likeness (QED) is 0.165. The highest BCUT2D eigenvalue weighted by Crippen LogP contribution is 2.29. The molecule has 54 heavy (non-hydrogen) atoms. The predicted molar refractivity (Wildman–Crippen MR) is 206 cm³/mol. The van der Waals surface area contributed by atoms with Crippen LogP contribution < -0.4 is 5.32 Å². The number of aliphatic hydroxyl groups is 1. The summed E-state index contributed by atoms with van der Waals surface area (Å²) in [6.07, 6.45) is 9.56. The van der Waals surface area contributed by atoms with E-state index >= 15 is 0 Å². The van der Waals surface area contributed by atoms with Crippen LogP contribution >= 0.6 is 0 Å². The molecule has 1 aromatic heterocycles. The SMILES string of the molecule is CC(C)CC[C@H](O)[C@H](CC1CCCCC1)NC(=O)[C@H](Cc1cnc[nH]1)N(C)C(=O)[C@H](Cc1ccccc1)OC(=O)N1CCCCN1C(=O)c1ccccc1. The van der Waals surface area contributed by atoms with Crippen LogP contribution in [0.5, 0.6) is 0 Å². The third-order valence-electron chi connectivity index (χ3n) is 10.8. The van der Waals surface area contributed by atoms with Gasteiger partial charge >= 0.3 is 6.09 Å². The Hall–Kier alpha value is -4.71. The van der Waals surface area contributed by atoms with Crippen molar-refractivity contribution >= 4 is 23.8 Å². The van der Waals surface area contributed by atoms with Crippen LogP contribution in [0.1, 0.15) is 99.7 Å². The van der Waals surface area contributed by atoms with Crippen LogP contribution in [-0.4, -0.2) is 98.2 Å². The van der Waals surface area contributed by atoms with Crippen molar-refractivity contribution in [3.05, 3.63) is 90.0 Å². The Morgan fingerprint density at radius 3 is 2.22 bits per heavy atom. The number of nitrogens with zero attached hydrogens (tertiary/aromatic N) is 4. The van der Waals surface area contributed by atoms with E-state index in [1.54, 1.807) is 37.5 Å². The maximum Gasteiger partial charge on any atom is 0.429 e. The summed E-state index contributed by atoms with van der Waals surface area (Å²) < 4.78 is 6.04. The number of rotatable bonds is 16. The number of ether oxygens (including phenoxy) is 1. The summed E-state index contributed by atoms with van der Waals surface area (Å²) in [5, 5.41) is 17.3. The summed E-state index contributed by atoms with van der Waals surface area (Å²) in [6, 6.07) is 16.5. The third-order valence-corrected chi connectivity index (χ3v) is 10.8. The Kier molecular flexibility index (Phi) is 15.1. The molecule has 4 atom stereocenters. The minimum absolute atomic E-state index is 0.0623. The molecule has 1 aliphatic heterocycles. The maximum atomic E-state index is 14.6. The molecule has 0 radical (unpaired) electrons. The van der Waals surface area contributed by atoms with Gasteiger partial charge in [0.1, 0.15) is 6.04 Å². The number of carbonyl (C=O) groups is 4. The van der Waals surface area contributed by atoms with Gasteiger partial charge in [-0.05, 0) is 61.6 Å². The number of benzene rings is 2. The zero-order valence-corrected chi connectivity index (χ0v) is 32.1. The Morgan fingerprint density at radius 1 is 0.907 bits per heavy atom. The van der Waals surface area contributed by atoms with Crippen LogP contribution in [0.15, 0.2) is 73.2 Å². The molecule has 2 fully saturated rings. The molecule has 12 heteroatoms. The van der Waals surface area contributed by atoms with Crippen molar-refractivity contribution in [1.29, 1.82) is 0 Å². The summed E-state index contributed by atoms with van der Waals surface area (Å²) in [4.78, 5) is 65.0. The number of nitrogens with one attached hydrogen (secondary N) is 2. The number of carbonyl (C=O) groups excluding carboxylic acids is 4. The van der Waals surface area contributed by atoms with Crippen LogP contribution in [0.4, 0.5) is 4.79 Å². The number of H-pyrrole nitrogens is 1. The monoisotopic (exact) mass is 742 g/mol. The highest BCUT2D eigenvalue weighted by molar-refractivity contribution is 5.95. The first kappa shape index (κ1) is 40.5. The fraction of sp³-hybridized carbons (Fsp3) is 0.548. The van der Waals surface area contributed by atoms with Gasteiger partial charge < -0.3 is 25.0 Å². The zero-order chi connectivity index (χ0) is 38.5. The van der Waals surface area contributed by atoms with Gasteiger partial charge in [0.15, 0.2) is 6.10 Å². The van der Waals surface area contributed by atoms with Gasteiger partial charge in [-0.1, -0.05) is 94.5 Å². The molecule has 0 bridgehead atoms. The van der Waals surface area contributed by atoms with Gasteiger partial charge in [0.2, 0.25) is 5.91 Å². The summed E-state index contributed by atoms with van der Waals surface area (Å²) in [5.74, 6) is -0.481. The molecule has 2 aliphatic rings.